The molecule has 0 bridgehead atoms. The monoisotopic (exact) mass is 442 g/mol. The third kappa shape index (κ3) is 3.56. The van der Waals surface area contributed by atoms with Crippen molar-refractivity contribution in [2.24, 2.45) is 0 Å². The number of aryl methyl sites for hydroxylation is 1. The van der Waals surface area contributed by atoms with Crippen molar-refractivity contribution >= 4 is 27.9 Å². The highest BCUT2D eigenvalue weighted by molar-refractivity contribution is 9.11. The van der Waals surface area contributed by atoms with Crippen LogP contribution in [0.2, 0.25) is 0 Å². The van der Waals surface area contributed by atoms with Gasteiger partial charge in [-0.05, 0) is 43.5 Å². The zero-order valence-electron chi connectivity index (χ0n) is 15.8. The second-order valence-corrected chi connectivity index (χ2v) is 8.43. The van der Waals surface area contributed by atoms with E-state index in [9.17, 15) is 9.59 Å². The number of hydrogen-bond acceptors (Lipinski definition) is 4. The van der Waals surface area contributed by atoms with Gasteiger partial charge < -0.3 is 5.32 Å². The van der Waals surface area contributed by atoms with Gasteiger partial charge in [0.05, 0.1) is 5.69 Å². The minimum atomic E-state index is -0.787. The Morgan fingerprint density at radius 3 is 2.79 bits per heavy atom. The van der Waals surface area contributed by atoms with E-state index in [1.807, 2.05) is 36.6 Å². The van der Waals surface area contributed by atoms with Gasteiger partial charge in [0.25, 0.3) is 5.91 Å². The number of piperidine rings is 1. The summed E-state index contributed by atoms with van der Waals surface area (Å²) < 4.78 is 0.919. The molecule has 3 amide bonds. The summed E-state index contributed by atoms with van der Waals surface area (Å²) in [6.45, 7) is 4.33. The van der Waals surface area contributed by atoms with Crippen molar-refractivity contribution in [3.8, 4) is 0 Å². The summed E-state index contributed by atoms with van der Waals surface area (Å²) in [6.07, 6.45) is 11.2. The minimum Gasteiger partial charge on any atom is -0.323 e. The van der Waals surface area contributed by atoms with E-state index in [0.29, 0.717) is 25.0 Å². The Labute approximate surface area is 173 Å². The summed E-state index contributed by atoms with van der Waals surface area (Å²) in [6, 6.07) is 3.69. The molecular weight excluding hydrogens is 420 g/mol. The van der Waals surface area contributed by atoms with Crippen LogP contribution >= 0.6 is 15.9 Å². The van der Waals surface area contributed by atoms with Crippen molar-refractivity contribution in [3.05, 3.63) is 64.1 Å². The van der Waals surface area contributed by atoms with Crippen molar-refractivity contribution in [3.63, 3.8) is 0 Å². The Hall–Kier alpha value is -2.25. The highest BCUT2D eigenvalue weighted by Gasteiger charge is 2.53. The van der Waals surface area contributed by atoms with Gasteiger partial charge >= 0.3 is 6.03 Å². The van der Waals surface area contributed by atoms with E-state index in [-0.39, 0.29) is 11.9 Å². The first-order chi connectivity index (χ1) is 13.5. The number of carbonyl (C=O) groups is 2. The average molecular weight is 443 g/mol. The predicted octanol–water partition coefficient (Wildman–Crippen LogP) is 3.40. The molecule has 0 radical (unpaired) electrons. The molecule has 1 aromatic rings. The molecule has 0 atom stereocenters. The maximum absolute atomic E-state index is 13.2. The van der Waals surface area contributed by atoms with Crippen LogP contribution in [-0.4, -0.2) is 45.4 Å². The third-order valence-electron chi connectivity index (χ3n) is 5.69. The van der Waals surface area contributed by atoms with Crippen LogP contribution in [0.25, 0.3) is 0 Å². The standard InChI is InChI=1S/C21H23BrN4O2/c1-15-4-3-11-23-18(15)14-25-12-9-21(10-13-25)19(27)26(20(28)24-21)17-6-2-5-16(22)7-8-17/h2-5,7-8,11H,6,9-10,12-14H2,1H3,(H,24,28). The molecule has 6 nitrogen and oxygen atoms in total. The maximum Gasteiger partial charge on any atom is 0.329 e. The molecule has 0 aromatic carbocycles. The van der Waals surface area contributed by atoms with Gasteiger partial charge in [0, 0.05) is 42.4 Å². The fraction of sp³-hybridized carbons (Fsp3) is 0.381. The molecule has 1 aromatic heterocycles. The quantitative estimate of drug-likeness (QED) is 0.728. The van der Waals surface area contributed by atoms with Crippen molar-refractivity contribution in [1.82, 2.24) is 20.1 Å². The van der Waals surface area contributed by atoms with Gasteiger partial charge in [-0.25, -0.2) is 9.69 Å². The van der Waals surface area contributed by atoms with Gasteiger partial charge in [0.2, 0.25) is 0 Å². The lowest BCUT2D eigenvalue weighted by molar-refractivity contribution is -0.131. The summed E-state index contributed by atoms with van der Waals surface area (Å²) in [5, 5.41) is 2.99. The molecule has 28 heavy (non-hydrogen) atoms. The Kier molecular flexibility index (Phi) is 5.21. The number of aromatic nitrogens is 1. The van der Waals surface area contributed by atoms with Crippen LogP contribution in [0.4, 0.5) is 4.79 Å². The maximum atomic E-state index is 13.2. The number of halogens is 1. The van der Waals surface area contributed by atoms with E-state index in [4.69, 9.17) is 0 Å². The summed E-state index contributed by atoms with van der Waals surface area (Å²) >= 11 is 3.43. The normalized spacial score (nSPS) is 22.1. The number of imide groups is 1. The summed E-state index contributed by atoms with van der Waals surface area (Å²) in [5.41, 5.74) is 2.16. The van der Waals surface area contributed by atoms with E-state index in [0.717, 1.165) is 29.8 Å². The zero-order chi connectivity index (χ0) is 19.7. The Morgan fingerprint density at radius 1 is 1.25 bits per heavy atom. The van der Waals surface area contributed by atoms with Gasteiger partial charge in [-0.3, -0.25) is 14.7 Å². The molecule has 1 spiro atoms. The molecule has 3 heterocycles. The third-order valence-corrected chi connectivity index (χ3v) is 6.22. The van der Waals surface area contributed by atoms with Crippen LogP contribution in [0, 0.1) is 6.92 Å². The molecule has 2 saturated heterocycles. The molecule has 146 valence electrons. The fourth-order valence-corrected chi connectivity index (χ4v) is 4.29. The molecule has 3 aliphatic rings. The molecule has 2 fully saturated rings. The van der Waals surface area contributed by atoms with E-state index in [1.54, 1.807) is 0 Å². The Bertz CT molecular complexity index is 897. The molecule has 0 unspecified atom stereocenters. The van der Waals surface area contributed by atoms with Gasteiger partial charge in [0.15, 0.2) is 0 Å². The lowest BCUT2D eigenvalue weighted by Crippen LogP contribution is -2.54. The first kappa shape index (κ1) is 19.1. The number of rotatable bonds is 3. The highest BCUT2D eigenvalue weighted by atomic mass is 79.9. The number of amides is 3. The van der Waals surface area contributed by atoms with E-state index in [2.05, 4.69) is 44.1 Å². The predicted molar refractivity (Wildman–Crippen MR) is 110 cm³/mol. The lowest BCUT2D eigenvalue weighted by Gasteiger charge is -2.37. The molecule has 2 aliphatic heterocycles. The van der Waals surface area contributed by atoms with Gasteiger partial charge in [-0.2, -0.15) is 0 Å². The molecular formula is C21H23BrN4O2. The first-order valence-electron chi connectivity index (χ1n) is 9.51. The van der Waals surface area contributed by atoms with Gasteiger partial charge in [-0.1, -0.05) is 34.1 Å². The smallest absolute Gasteiger partial charge is 0.323 e. The average Bonchev–Trinajstić information content (AvgIpc) is 2.81. The fourth-order valence-electron chi connectivity index (χ4n) is 3.97. The highest BCUT2D eigenvalue weighted by Crippen LogP contribution is 2.33. The van der Waals surface area contributed by atoms with Crippen molar-refractivity contribution in [2.45, 2.75) is 38.3 Å². The molecule has 4 rings (SSSR count). The van der Waals surface area contributed by atoms with E-state index < -0.39 is 5.54 Å². The number of nitrogens with zero attached hydrogens (tertiary/aromatic N) is 3. The lowest BCUT2D eigenvalue weighted by atomic mass is 9.87. The van der Waals surface area contributed by atoms with Crippen LogP contribution in [0.1, 0.15) is 30.5 Å². The van der Waals surface area contributed by atoms with Crippen LogP contribution in [0.5, 0.6) is 0 Å². The number of pyridine rings is 1. The SMILES string of the molecule is Cc1cccnc1CN1CCC2(CC1)NC(=O)N(C1=CC=C(Br)C=CC1)C2=O. The number of allylic oxidation sites excluding steroid dienone is 5. The second-order valence-electron chi connectivity index (χ2n) is 7.51. The van der Waals surface area contributed by atoms with Gasteiger partial charge in [-0.15, -0.1) is 0 Å². The molecule has 7 heteroatoms. The minimum absolute atomic E-state index is 0.128. The molecule has 1 aliphatic carbocycles. The van der Waals surface area contributed by atoms with Crippen LogP contribution < -0.4 is 5.32 Å². The second kappa shape index (κ2) is 7.64. The van der Waals surface area contributed by atoms with Crippen molar-refractivity contribution in [2.75, 3.05) is 13.1 Å². The first-order valence-corrected chi connectivity index (χ1v) is 10.3. The van der Waals surface area contributed by atoms with Gasteiger partial charge in [0.1, 0.15) is 5.54 Å². The summed E-state index contributed by atoms with van der Waals surface area (Å²) in [7, 11) is 0. The summed E-state index contributed by atoms with van der Waals surface area (Å²) in [4.78, 5) is 34.0. The number of likely N-dealkylation sites (tertiary alicyclic amines) is 1. The van der Waals surface area contributed by atoms with Crippen LogP contribution in [0.3, 0.4) is 0 Å². The van der Waals surface area contributed by atoms with E-state index in [1.165, 1.54) is 10.5 Å². The zero-order valence-corrected chi connectivity index (χ0v) is 17.4. The van der Waals surface area contributed by atoms with Crippen LogP contribution in [0.15, 0.2) is 52.8 Å². The van der Waals surface area contributed by atoms with Crippen LogP contribution in [-0.2, 0) is 11.3 Å². The Balaban J connectivity index is 1.46. The topological polar surface area (TPSA) is 65.5 Å². The Morgan fingerprint density at radius 2 is 2.04 bits per heavy atom. The van der Waals surface area contributed by atoms with Crippen molar-refractivity contribution < 1.29 is 9.59 Å². The molecule has 0 saturated carbocycles. The number of urea groups is 1. The number of hydrogen-bond donors (Lipinski definition) is 1. The summed E-state index contributed by atoms with van der Waals surface area (Å²) in [5.74, 6) is -0.128. The largest absolute Gasteiger partial charge is 0.329 e. The number of nitrogens with one attached hydrogen (secondary N) is 1. The molecule has 1 N–H and O–H groups in total. The van der Waals surface area contributed by atoms with Crippen molar-refractivity contribution in [1.29, 1.82) is 0 Å². The number of carbonyl (C=O) groups excluding carboxylic acids is 2. The van der Waals surface area contributed by atoms with E-state index >= 15 is 0 Å².